The van der Waals surface area contributed by atoms with E-state index in [4.69, 9.17) is 0 Å². The van der Waals surface area contributed by atoms with Crippen molar-refractivity contribution in [3.8, 4) is 0 Å². The summed E-state index contributed by atoms with van der Waals surface area (Å²) in [7, 11) is 0. The Labute approximate surface area is 191 Å². The van der Waals surface area contributed by atoms with Crippen LogP contribution in [-0.2, 0) is 0 Å². The molecule has 0 fully saturated rings. The lowest BCUT2D eigenvalue weighted by atomic mass is 9.98. The number of thioether (sulfide) groups is 1. The number of benzene rings is 4. The first kappa shape index (κ1) is 21.5. The zero-order valence-corrected chi connectivity index (χ0v) is 19.6. The molecule has 4 rings (SSSR count). The SMILES string of the molecule is Cc1ccc(C(SC(c2ccccc2)c2ccc(C)cc2C)c2ccccc2)c(C)c1. The molecule has 0 aliphatic heterocycles. The molecule has 0 saturated carbocycles. The van der Waals surface area contributed by atoms with Gasteiger partial charge in [0.15, 0.2) is 0 Å². The van der Waals surface area contributed by atoms with Gasteiger partial charge in [-0.1, -0.05) is 108 Å². The molecule has 0 saturated heterocycles. The molecule has 4 aromatic carbocycles. The summed E-state index contributed by atoms with van der Waals surface area (Å²) in [5.41, 5.74) is 10.8. The maximum Gasteiger partial charge on any atom is 0.0558 e. The first-order valence-electron chi connectivity index (χ1n) is 10.9. The van der Waals surface area contributed by atoms with Crippen LogP contribution in [0.15, 0.2) is 97.1 Å². The Balaban J connectivity index is 1.84. The molecule has 31 heavy (non-hydrogen) atoms. The first-order valence-corrected chi connectivity index (χ1v) is 11.9. The van der Waals surface area contributed by atoms with Gasteiger partial charge in [-0.2, -0.15) is 0 Å². The highest BCUT2D eigenvalue weighted by Gasteiger charge is 2.25. The monoisotopic (exact) mass is 422 g/mol. The number of rotatable bonds is 6. The Morgan fingerprint density at radius 3 is 1.23 bits per heavy atom. The van der Waals surface area contributed by atoms with Crippen LogP contribution in [0.4, 0.5) is 0 Å². The molecule has 4 aromatic rings. The van der Waals surface area contributed by atoms with Gasteiger partial charge >= 0.3 is 0 Å². The molecule has 2 unspecified atom stereocenters. The highest BCUT2D eigenvalue weighted by Crippen LogP contribution is 2.49. The van der Waals surface area contributed by atoms with Crippen molar-refractivity contribution in [3.05, 3.63) is 142 Å². The van der Waals surface area contributed by atoms with Crippen molar-refractivity contribution < 1.29 is 0 Å². The Morgan fingerprint density at radius 2 is 0.871 bits per heavy atom. The van der Waals surface area contributed by atoms with E-state index in [2.05, 4.69) is 125 Å². The third-order valence-electron chi connectivity index (χ3n) is 5.89. The molecule has 0 spiro atoms. The van der Waals surface area contributed by atoms with E-state index < -0.39 is 0 Å². The fourth-order valence-electron chi connectivity index (χ4n) is 4.29. The van der Waals surface area contributed by atoms with E-state index in [1.165, 1.54) is 44.5 Å². The molecule has 156 valence electrons. The van der Waals surface area contributed by atoms with Gasteiger partial charge in [0.25, 0.3) is 0 Å². The topological polar surface area (TPSA) is 0 Å². The largest absolute Gasteiger partial charge is 0.136 e. The third-order valence-corrected chi connectivity index (χ3v) is 7.49. The Kier molecular flexibility index (Phi) is 6.63. The molecular formula is C30H30S. The molecule has 1 heteroatoms. The van der Waals surface area contributed by atoms with E-state index in [0.717, 1.165) is 0 Å². The van der Waals surface area contributed by atoms with Crippen LogP contribution in [0.25, 0.3) is 0 Å². The number of hydrogen-bond donors (Lipinski definition) is 0. The second-order valence-electron chi connectivity index (χ2n) is 8.44. The van der Waals surface area contributed by atoms with Crippen LogP contribution in [0.5, 0.6) is 0 Å². The molecule has 0 aromatic heterocycles. The van der Waals surface area contributed by atoms with E-state index in [9.17, 15) is 0 Å². The molecule has 2 atom stereocenters. The summed E-state index contributed by atoms with van der Waals surface area (Å²) < 4.78 is 0. The quantitative estimate of drug-likeness (QED) is 0.300. The van der Waals surface area contributed by atoms with Gasteiger partial charge < -0.3 is 0 Å². The van der Waals surface area contributed by atoms with Crippen LogP contribution in [0.3, 0.4) is 0 Å². The van der Waals surface area contributed by atoms with E-state index in [-0.39, 0.29) is 10.5 Å². The van der Waals surface area contributed by atoms with E-state index in [1.807, 2.05) is 11.8 Å². The van der Waals surface area contributed by atoms with Crippen LogP contribution in [-0.4, -0.2) is 0 Å². The van der Waals surface area contributed by atoms with Gasteiger partial charge in [-0.3, -0.25) is 0 Å². The molecule has 0 amide bonds. The van der Waals surface area contributed by atoms with Crippen molar-refractivity contribution in [2.45, 2.75) is 38.2 Å². The van der Waals surface area contributed by atoms with Crippen molar-refractivity contribution in [2.75, 3.05) is 0 Å². The van der Waals surface area contributed by atoms with Crippen molar-refractivity contribution in [1.29, 1.82) is 0 Å². The molecule has 0 aliphatic rings. The van der Waals surface area contributed by atoms with Crippen molar-refractivity contribution in [2.24, 2.45) is 0 Å². The summed E-state index contributed by atoms with van der Waals surface area (Å²) in [4.78, 5) is 0. The molecule has 0 heterocycles. The third kappa shape index (κ3) is 4.94. The maximum absolute atomic E-state index is 2.32. The fraction of sp³-hybridized carbons (Fsp3) is 0.200. The fourth-order valence-corrected chi connectivity index (χ4v) is 6.02. The molecular weight excluding hydrogens is 392 g/mol. The van der Waals surface area contributed by atoms with Crippen LogP contribution in [0.2, 0.25) is 0 Å². The molecule has 0 aliphatic carbocycles. The molecule has 0 nitrogen and oxygen atoms in total. The highest BCUT2D eigenvalue weighted by atomic mass is 32.2. The zero-order valence-electron chi connectivity index (χ0n) is 18.8. The Bertz CT molecular complexity index is 1050. The molecule has 0 bridgehead atoms. The maximum atomic E-state index is 2.32. The highest BCUT2D eigenvalue weighted by molar-refractivity contribution is 8.00. The summed E-state index contributed by atoms with van der Waals surface area (Å²) in [6.45, 7) is 8.83. The summed E-state index contributed by atoms with van der Waals surface area (Å²) in [5.74, 6) is 0. The second-order valence-corrected chi connectivity index (χ2v) is 9.65. The van der Waals surface area contributed by atoms with Crippen molar-refractivity contribution in [1.82, 2.24) is 0 Å². The first-order chi connectivity index (χ1) is 15.0. The molecule has 0 N–H and O–H groups in total. The van der Waals surface area contributed by atoms with Gasteiger partial charge in [-0.15, -0.1) is 11.8 Å². The van der Waals surface area contributed by atoms with Gasteiger partial charge in [0, 0.05) is 0 Å². The summed E-state index contributed by atoms with van der Waals surface area (Å²) in [5, 5.41) is 0.514. The number of aryl methyl sites for hydroxylation is 4. The normalized spacial score (nSPS) is 13.0. The number of hydrogen-bond acceptors (Lipinski definition) is 1. The summed E-state index contributed by atoms with van der Waals surface area (Å²) in [6.07, 6.45) is 0. The van der Waals surface area contributed by atoms with E-state index in [1.54, 1.807) is 0 Å². The minimum absolute atomic E-state index is 0.257. The van der Waals surface area contributed by atoms with Crippen LogP contribution >= 0.6 is 11.8 Å². The summed E-state index contributed by atoms with van der Waals surface area (Å²) in [6, 6.07) is 35.6. The average molecular weight is 423 g/mol. The smallest absolute Gasteiger partial charge is 0.0558 e. The minimum atomic E-state index is 0.257. The zero-order chi connectivity index (χ0) is 21.8. The lowest BCUT2D eigenvalue weighted by molar-refractivity contribution is 1.07. The van der Waals surface area contributed by atoms with Gasteiger partial charge in [0.1, 0.15) is 0 Å². The van der Waals surface area contributed by atoms with E-state index in [0.29, 0.717) is 0 Å². The molecule has 0 radical (unpaired) electrons. The van der Waals surface area contributed by atoms with Gasteiger partial charge in [-0.25, -0.2) is 0 Å². The Morgan fingerprint density at radius 1 is 0.484 bits per heavy atom. The minimum Gasteiger partial charge on any atom is -0.136 e. The standard InChI is InChI=1S/C30H30S/c1-21-15-17-27(23(3)19-21)29(25-11-7-5-8-12-25)31-30(26-13-9-6-10-14-26)28-18-16-22(2)20-24(28)4/h5-20,29-30H,1-4H3. The second kappa shape index (κ2) is 9.58. The van der Waals surface area contributed by atoms with Crippen molar-refractivity contribution in [3.63, 3.8) is 0 Å². The summed E-state index contributed by atoms with van der Waals surface area (Å²) >= 11 is 2.04. The predicted octanol–water partition coefficient (Wildman–Crippen LogP) is 8.53. The van der Waals surface area contributed by atoms with Gasteiger partial charge in [-0.05, 0) is 61.1 Å². The van der Waals surface area contributed by atoms with Crippen LogP contribution in [0, 0.1) is 27.7 Å². The van der Waals surface area contributed by atoms with Gasteiger partial charge in [0.2, 0.25) is 0 Å². The van der Waals surface area contributed by atoms with E-state index >= 15 is 0 Å². The van der Waals surface area contributed by atoms with Crippen LogP contribution < -0.4 is 0 Å². The van der Waals surface area contributed by atoms with Crippen molar-refractivity contribution >= 4 is 11.8 Å². The average Bonchev–Trinajstić information content (AvgIpc) is 2.77. The van der Waals surface area contributed by atoms with Gasteiger partial charge in [0.05, 0.1) is 10.5 Å². The predicted molar refractivity (Wildman–Crippen MR) is 136 cm³/mol. The lowest BCUT2D eigenvalue weighted by Crippen LogP contribution is -2.06. The lowest BCUT2D eigenvalue weighted by Gasteiger charge is -2.27. The Hall–Kier alpha value is -2.77. The van der Waals surface area contributed by atoms with Crippen LogP contribution in [0.1, 0.15) is 55.0 Å².